The van der Waals surface area contributed by atoms with Gasteiger partial charge in [-0.1, -0.05) is 71.2 Å². The highest BCUT2D eigenvalue weighted by Crippen LogP contribution is 2.50. The van der Waals surface area contributed by atoms with E-state index in [0.29, 0.717) is 0 Å². The molecule has 0 N–H and O–H groups in total. The minimum absolute atomic E-state index is 0.149. The van der Waals surface area contributed by atoms with Gasteiger partial charge in [-0.3, -0.25) is 4.90 Å². The highest BCUT2D eigenvalue weighted by Gasteiger charge is 2.22. The first-order chi connectivity index (χ1) is 8.16. The lowest BCUT2D eigenvalue weighted by molar-refractivity contribution is 0.452. The third-order valence-corrected chi connectivity index (χ3v) is 10.4. The van der Waals surface area contributed by atoms with Crippen LogP contribution in [-0.4, -0.2) is 47.2 Å². The fourth-order valence-electron chi connectivity index (χ4n) is 2.45. The van der Waals surface area contributed by atoms with Crippen molar-refractivity contribution >= 4 is 15.8 Å². The van der Waals surface area contributed by atoms with Gasteiger partial charge in [0.15, 0.2) is 0 Å². The first-order valence-corrected chi connectivity index (χ1v) is 10.7. The van der Waals surface area contributed by atoms with Crippen LogP contribution in [0.3, 0.4) is 0 Å². The molecule has 0 heterocycles. The monoisotopic (exact) mass is 291 g/mol. The summed E-state index contributed by atoms with van der Waals surface area (Å²) in [6, 6.07) is 0. The van der Waals surface area contributed by atoms with Gasteiger partial charge >= 0.3 is 0 Å². The van der Waals surface area contributed by atoms with Crippen LogP contribution in [0.25, 0.3) is 0 Å². The summed E-state index contributed by atoms with van der Waals surface area (Å²) in [5.74, 6) is 0. The minimum atomic E-state index is 0.149. The summed E-state index contributed by atoms with van der Waals surface area (Å²) in [4.78, 5) is 2.62. The van der Waals surface area contributed by atoms with E-state index >= 15 is 0 Å². The molecule has 0 aromatic heterocycles. The molecule has 18 heavy (non-hydrogen) atoms. The third kappa shape index (κ3) is 6.83. The van der Waals surface area contributed by atoms with Crippen LogP contribution in [0.4, 0.5) is 0 Å². The lowest BCUT2D eigenvalue weighted by Gasteiger charge is -2.35. The summed E-state index contributed by atoms with van der Waals surface area (Å²) in [6.45, 7) is 19.2. The minimum Gasteiger partial charge on any atom is -0.298 e. The zero-order valence-electron chi connectivity index (χ0n) is 14.1. The number of hydrogen-bond acceptors (Lipinski definition) is 1. The Labute approximate surface area is 119 Å². The summed E-state index contributed by atoms with van der Waals surface area (Å²) < 4.78 is 0. The van der Waals surface area contributed by atoms with Crippen molar-refractivity contribution in [3.63, 3.8) is 0 Å². The molecule has 0 unspecified atom stereocenters. The Hall–Kier alpha value is 0.820. The molecule has 0 aromatic carbocycles. The molecule has 0 aliphatic rings. The highest BCUT2D eigenvalue weighted by atomic mass is 31.1. The Kier molecular flexibility index (Phi) is 9.29. The number of nitrogens with zero attached hydrogens (tertiary/aromatic N) is 1. The van der Waals surface area contributed by atoms with E-state index in [2.05, 4.69) is 67.3 Å². The Morgan fingerprint density at radius 3 is 1.00 bits per heavy atom. The molecule has 0 amide bonds. The van der Waals surface area contributed by atoms with Crippen molar-refractivity contribution in [3.8, 4) is 0 Å². The zero-order valence-corrected chi connectivity index (χ0v) is 15.9. The molecule has 0 bridgehead atoms. The van der Waals surface area contributed by atoms with Crippen LogP contribution in [0.1, 0.15) is 55.4 Å². The fraction of sp³-hybridized carbons (Fsp3) is 1.00. The molecule has 0 fully saturated rings. The molecule has 0 atom stereocenters. The molecule has 0 rings (SSSR count). The van der Waals surface area contributed by atoms with Gasteiger partial charge in [-0.15, -0.1) is 0 Å². The topological polar surface area (TPSA) is 3.24 Å². The largest absolute Gasteiger partial charge is 0.298 e. The molecule has 0 aliphatic heterocycles. The van der Waals surface area contributed by atoms with Gasteiger partial charge < -0.3 is 0 Å². The first kappa shape index (κ1) is 18.8. The van der Waals surface area contributed by atoms with Crippen molar-refractivity contribution < 1.29 is 0 Å². The van der Waals surface area contributed by atoms with E-state index in [0.717, 1.165) is 22.6 Å². The Morgan fingerprint density at radius 2 is 0.833 bits per heavy atom. The molecule has 0 spiro atoms. The lowest BCUT2D eigenvalue weighted by Crippen LogP contribution is -2.26. The third-order valence-electron chi connectivity index (χ3n) is 3.46. The maximum atomic E-state index is 2.62. The Bertz CT molecular complexity index is 177. The highest BCUT2D eigenvalue weighted by molar-refractivity contribution is 7.60. The fourth-order valence-corrected chi connectivity index (χ4v) is 7.61. The maximum Gasteiger partial charge on any atom is 0.0189 e. The van der Waals surface area contributed by atoms with E-state index in [1.54, 1.807) is 0 Å². The smallest absolute Gasteiger partial charge is 0.0189 e. The zero-order chi connectivity index (χ0) is 14.5. The van der Waals surface area contributed by atoms with Crippen molar-refractivity contribution in [1.82, 2.24) is 4.90 Å². The molecule has 0 saturated carbocycles. The van der Waals surface area contributed by atoms with Crippen molar-refractivity contribution in [2.45, 2.75) is 78.0 Å². The van der Waals surface area contributed by atoms with Gasteiger partial charge in [-0.25, -0.2) is 0 Å². The van der Waals surface area contributed by atoms with E-state index in [-0.39, 0.29) is 15.8 Å². The summed E-state index contributed by atoms with van der Waals surface area (Å²) in [5, 5.41) is 0. The molecule has 1 nitrogen and oxygen atoms in total. The molecule has 0 aromatic rings. The normalized spacial score (nSPS) is 13.3. The van der Waals surface area contributed by atoms with Crippen LogP contribution in [0.5, 0.6) is 0 Å². The van der Waals surface area contributed by atoms with Gasteiger partial charge in [0, 0.05) is 12.6 Å². The van der Waals surface area contributed by atoms with Crippen molar-refractivity contribution in [3.05, 3.63) is 0 Å². The van der Waals surface area contributed by atoms with E-state index in [4.69, 9.17) is 0 Å². The van der Waals surface area contributed by atoms with Gasteiger partial charge in [-0.2, -0.15) is 0 Å². The van der Waals surface area contributed by atoms with Gasteiger partial charge in [0.1, 0.15) is 0 Å². The van der Waals surface area contributed by atoms with Gasteiger partial charge in [0.25, 0.3) is 0 Å². The molecule has 0 saturated heterocycles. The van der Waals surface area contributed by atoms with E-state index in [9.17, 15) is 0 Å². The molecule has 0 radical (unpaired) electrons. The summed E-state index contributed by atoms with van der Waals surface area (Å²) in [6.07, 6.45) is 2.64. The Morgan fingerprint density at radius 1 is 0.611 bits per heavy atom. The lowest BCUT2D eigenvalue weighted by atomic mass is 10.5. The summed E-state index contributed by atoms with van der Waals surface area (Å²) in [7, 11) is 2.63. The Balaban J connectivity index is 4.42. The first-order valence-electron chi connectivity index (χ1n) is 7.36. The van der Waals surface area contributed by atoms with Crippen molar-refractivity contribution in [2.75, 3.05) is 19.6 Å². The van der Waals surface area contributed by atoms with Crippen LogP contribution in [0, 0.1) is 0 Å². The number of rotatable bonds is 8. The van der Waals surface area contributed by atoms with Crippen LogP contribution in [0.15, 0.2) is 0 Å². The van der Waals surface area contributed by atoms with Gasteiger partial charge in [0.05, 0.1) is 0 Å². The average Bonchev–Trinajstić information content (AvgIpc) is 2.20. The van der Waals surface area contributed by atoms with E-state index in [1.807, 2.05) is 0 Å². The second kappa shape index (κ2) is 8.89. The molecule has 0 aliphatic carbocycles. The molecular formula is C15H35NP2. The molecular weight excluding hydrogens is 256 g/mol. The summed E-state index contributed by atoms with van der Waals surface area (Å²) in [5.41, 5.74) is 3.41. The number of hydrogen-bond donors (Lipinski definition) is 0. The van der Waals surface area contributed by atoms with Crippen molar-refractivity contribution in [2.24, 2.45) is 0 Å². The quantitative estimate of drug-likeness (QED) is 0.539. The van der Waals surface area contributed by atoms with Crippen LogP contribution in [-0.2, 0) is 0 Å². The van der Waals surface area contributed by atoms with Crippen molar-refractivity contribution in [1.29, 1.82) is 0 Å². The van der Waals surface area contributed by atoms with Crippen LogP contribution >= 0.6 is 15.8 Å². The van der Waals surface area contributed by atoms with E-state index < -0.39 is 0 Å². The van der Waals surface area contributed by atoms with E-state index in [1.165, 1.54) is 12.6 Å². The van der Waals surface area contributed by atoms with Gasteiger partial charge in [0.2, 0.25) is 0 Å². The van der Waals surface area contributed by atoms with Crippen LogP contribution in [0.2, 0.25) is 0 Å². The predicted molar refractivity (Wildman–Crippen MR) is 91.9 cm³/mol. The second-order valence-corrected chi connectivity index (χ2v) is 13.3. The second-order valence-electron chi connectivity index (χ2n) is 6.54. The summed E-state index contributed by atoms with van der Waals surface area (Å²) >= 11 is 0. The SMILES string of the molecule is CC(C)P(CN(C)CP(C(C)C)C(C)C)C(C)C. The standard InChI is InChI=1S/C15H35NP2/c1-12(2)17(13(3)4)10-16(9)11-18(14(5)6)15(7)8/h12-15H,10-11H2,1-9H3. The van der Waals surface area contributed by atoms with Gasteiger partial charge in [-0.05, 0) is 29.7 Å². The molecule has 3 heteroatoms. The maximum absolute atomic E-state index is 2.62. The molecule has 110 valence electrons. The van der Waals surface area contributed by atoms with Crippen LogP contribution < -0.4 is 0 Å². The average molecular weight is 291 g/mol. The predicted octanol–water partition coefficient (Wildman–Crippen LogP) is 5.43.